The standard InChI is InChI=1S/C2H7FNO3P.Ag/c1-4(2-3)8(5,6)7;/h2H2,1H3,(H2,5,6,7);/p-2. The Labute approximate surface area is 67.8 Å². The van der Waals surface area contributed by atoms with E-state index in [2.05, 4.69) is 0 Å². The van der Waals surface area contributed by atoms with E-state index < -0.39 is 14.5 Å². The molecule has 61 valence electrons. The first kappa shape index (κ1) is 12.5. The Morgan fingerprint density at radius 3 is 2.00 bits per heavy atom. The molecular formula is C2H5AgFNO3P-2. The SMILES string of the molecule is CN(CF)P(=O)([O-])[O-].[Ag]. The van der Waals surface area contributed by atoms with Gasteiger partial charge >= 0.3 is 0 Å². The molecule has 0 aliphatic heterocycles. The zero-order valence-electron chi connectivity index (χ0n) is 4.51. The maximum Gasteiger partial charge on any atom is 0.146 e. The maximum atomic E-state index is 11.2. The third-order valence-corrected chi connectivity index (χ3v) is 1.53. The van der Waals surface area contributed by atoms with E-state index in [4.69, 9.17) is 0 Å². The minimum absolute atomic E-state index is 0. The van der Waals surface area contributed by atoms with Gasteiger partial charge in [0.2, 0.25) is 0 Å². The first-order chi connectivity index (χ1) is 3.48. The van der Waals surface area contributed by atoms with Gasteiger partial charge in [0.25, 0.3) is 0 Å². The summed E-state index contributed by atoms with van der Waals surface area (Å²) >= 11 is 0. The van der Waals surface area contributed by atoms with Crippen molar-refractivity contribution in [1.29, 1.82) is 0 Å². The zero-order chi connectivity index (χ0) is 6.78. The van der Waals surface area contributed by atoms with Crippen molar-refractivity contribution in [2.24, 2.45) is 0 Å². The van der Waals surface area contributed by atoms with Gasteiger partial charge in [-0.05, 0) is 7.05 Å². The van der Waals surface area contributed by atoms with Crippen molar-refractivity contribution in [2.45, 2.75) is 0 Å². The van der Waals surface area contributed by atoms with Gasteiger partial charge in [-0.1, -0.05) is 0 Å². The second kappa shape index (κ2) is 4.57. The molecule has 0 amide bonds. The van der Waals surface area contributed by atoms with Gasteiger partial charge in [0, 0.05) is 30.1 Å². The summed E-state index contributed by atoms with van der Waals surface area (Å²) in [6.07, 6.45) is 0. The van der Waals surface area contributed by atoms with Gasteiger partial charge in [0.15, 0.2) is 0 Å². The van der Waals surface area contributed by atoms with Crippen LogP contribution in [0.25, 0.3) is 0 Å². The van der Waals surface area contributed by atoms with Gasteiger partial charge in [0.05, 0.1) is 0 Å². The molecule has 0 N–H and O–H groups in total. The average Bonchev–Trinajstić information content (AvgIpc) is 1.62. The molecule has 0 heterocycles. The van der Waals surface area contributed by atoms with E-state index in [1.807, 2.05) is 0 Å². The molecule has 0 atom stereocenters. The molecule has 4 nitrogen and oxygen atoms in total. The normalized spacial score (nSPS) is 11.2. The van der Waals surface area contributed by atoms with Gasteiger partial charge in [0.1, 0.15) is 6.80 Å². The van der Waals surface area contributed by atoms with Crippen molar-refractivity contribution >= 4 is 7.75 Å². The number of rotatable bonds is 2. The summed E-state index contributed by atoms with van der Waals surface area (Å²) in [6.45, 7) is -1.26. The van der Waals surface area contributed by atoms with E-state index in [1.54, 1.807) is 0 Å². The van der Waals surface area contributed by atoms with Gasteiger partial charge in [-0.2, -0.15) is 0 Å². The molecule has 0 rings (SSSR count). The van der Waals surface area contributed by atoms with E-state index in [-0.39, 0.29) is 27.1 Å². The molecule has 0 aliphatic rings. The molecule has 0 aromatic rings. The predicted molar refractivity (Wildman–Crippen MR) is 21.3 cm³/mol. The summed E-state index contributed by atoms with van der Waals surface area (Å²) in [7, 11) is -3.92. The predicted octanol–water partition coefficient (Wildman–Crippen LogP) is -1.33. The van der Waals surface area contributed by atoms with Gasteiger partial charge in [-0.25, -0.2) is 4.39 Å². The van der Waals surface area contributed by atoms with E-state index in [1.165, 1.54) is 0 Å². The van der Waals surface area contributed by atoms with Crippen molar-refractivity contribution < 1.29 is 41.1 Å². The molecule has 0 bridgehead atoms. The molecule has 1 radical (unpaired) electrons. The van der Waals surface area contributed by atoms with Crippen LogP contribution in [0, 0.1) is 0 Å². The third-order valence-electron chi connectivity index (χ3n) is 0.591. The van der Waals surface area contributed by atoms with Crippen LogP contribution in [0.3, 0.4) is 0 Å². The number of hydrogen-bond donors (Lipinski definition) is 0. The minimum atomic E-state index is -4.80. The fourth-order valence-corrected chi connectivity index (χ4v) is 0.196. The summed E-state index contributed by atoms with van der Waals surface area (Å²) in [5.74, 6) is 0. The van der Waals surface area contributed by atoms with Crippen LogP contribution in [0.15, 0.2) is 0 Å². The van der Waals surface area contributed by atoms with Gasteiger partial charge in [-0.3, -0.25) is 4.67 Å². The first-order valence-corrected chi connectivity index (χ1v) is 3.27. The molecule has 0 fully saturated rings. The summed E-state index contributed by atoms with van der Waals surface area (Å²) in [5, 5.41) is 0. The second-order valence-electron chi connectivity index (χ2n) is 1.25. The first-order valence-electron chi connectivity index (χ1n) is 1.78. The monoisotopic (exact) mass is 248 g/mol. The van der Waals surface area contributed by atoms with Crippen LogP contribution < -0.4 is 9.79 Å². The maximum absolute atomic E-state index is 11.2. The van der Waals surface area contributed by atoms with Crippen molar-refractivity contribution in [3.63, 3.8) is 0 Å². The molecule has 0 aromatic heterocycles. The van der Waals surface area contributed by atoms with Crippen molar-refractivity contribution in [3.8, 4) is 0 Å². The average molecular weight is 249 g/mol. The number of hydrogen-bond acceptors (Lipinski definition) is 3. The Kier molecular flexibility index (Phi) is 6.33. The summed E-state index contributed by atoms with van der Waals surface area (Å²) in [6, 6.07) is 0. The van der Waals surface area contributed by atoms with Crippen LogP contribution in [0.4, 0.5) is 4.39 Å². The molecule has 7 heteroatoms. The zero-order valence-corrected chi connectivity index (χ0v) is 6.88. The van der Waals surface area contributed by atoms with Crippen LogP contribution in [0.5, 0.6) is 0 Å². The van der Waals surface area contributed by atoms with Crippen LogP contribution >= 0.6 is 7.75 Å². The molecule has 0 aromatic carbocycles. The third kappa shape index (κ3) is 5.24. The second-order valence-corrected chi connectivity index (χ2v) is 2.87. The molecular weight excluding hydrogens is 244 g/mol. The number of nitrogens with zero attached hydrogens (tertiary/aromatic N) is 1. The topological polar surface area (TPSA) is 66.4 Å². The molecule has 0 saturated carbocycles. The molecule has 0 saturated heterocycles. The van der Waals surface area contributed by atoms with Crippen molar-refractivity contribution in [3.05, 3.63) is 0 Å². The van der Waals surface area contributed by atoms with E-state index >= 15 is 0 Å². The summed E-state index contributed by atoms with van der Waals surface area (Å²) in [5.41, 5.74) is 0. The fraction of sp³-hybridized carbons (Fsp3) is 1.00. The van der Waals surface area contributed by atoms with Crippen molar-refractivity contribution in [2.75, 3.05) is 13.8 Å². The number of halogens is 1. The smallest absolute Gasteiger partial charge is 0.146 e. The molecule has 0 aliphatic carbocycles. The van der Waals surface area contributed by atoms with Crippen molar-refractivity contribution in [1.82, 2.24) is 4.67 Å². The Balaban J connectivity index is 0. The Morgan fingerprint density at radius 2 is 2.00 bits per heavy atom. The van der Waals surface area contributed by atoms with Crippen LogP contribution in [0.2, 0.25) is 0 Å². The minimum Gasteiger partial charge on any atom is -0.799 e. The van der Waals surface area contributed by atoms with E-state index in [0.717, 1.165) is 7.05 Å². The van der Waals surface area contributed by atoms with Crippen LogP contribution in [-0.4, -0.2) is 18.5 Å². The largest absolute Gasteiger partial charge is 0.799 e. The fourth-order valence-electron chi connectivity index (χ4n) is 0.0655. The quantitative estimate of drug-likeness (QED) is 0.345. The Hall–Kier alpha value is 0.780. The molecule has 9 heavy (non-hydrogen) atoms. The molecule has 0 unspecified atom stereocenters. The molecule has 0 spiro atoms. The summed E-state index contributed by atoms with van der Waals surface area (Å²) in [4.78, 5) is 19.4. The van der Waals surface area contributed by atoms with Gasteiger partial charge < -0.3 is 14.4 Å². The van der Waals surface area contributed by atoms with Gasteiger partial charge in [-0.15, -0.1) is 0 Å². The Bertz CT molecular complexity index is 116. The van der Waals surface area contributed by atoms with E-state index in [9.17, 15) is 18.7 Å². The van der Waals surface area contributed by atoms with Crippen LogP contribution in [0.1, 0.15) is 0 Å². The van der Waals surface area contributed by atoms with E-state index in [0.29, 0.717) is 0 Å². The number of alkyl halides is 1. The summed E-state index contributed by atoms with van der Waals surface area (Å²) < 4.78 is 21.0. The Morgan fingerprint density at radius 1 is 1.67 bits per heavy atom. The van der Waals surface area contributed by atoms with Crippen LogP contribution in [-0.2, 0) is 26.9 Å².